The predicted molar refractivity (Wildman–Crippen MR) is 70.8 cm³/mol. The number of benzene rings is 1. The maximum absolute atomic E-state index is 5.89. The average molecular weight is 319 g/mol. The first kappa shape index (κ1) is 12.0. The first-order valence-corrected chi connectivity index (χ1v) is 6.62. The van der Waals surface area contributed by atoms with Gasteiger partial charge in [0.05, 0.1) is 0 Å². The molecule has 0 aliphatic carbocycles. The number of nitrogens with one attached hydrogen (secondary N) is 1. The van der Waals surface area contributed by atoms with Crippen LogP contribution in [-0.2, 0) is 6.54 Å². The molecule has 0 saturated carbocycles. The van der Waals surface area contributed by atoms with Crippen molar-refractivity contribution in [3.63, 3.8) is 0 Å². The number of aromatic nitrogens is 2. The maximum Gasteiger partial charge on any atom is 0.148 e. The third-order valence-electron chi connectivity index (χ3n) is 1.96. The molecule has 1 aromatic heterocycles. The van der Waals surface area contributed by atoms with Crippen molar-refractivity contribution in [2.75, 3.05) is 7.05 Å². The Hall–Kier alpha value is -0.490. The maximum atomic E-state index is 5.89. The molecule has 0 aliphatic rings. The van der Waals surface area contributed by atoms with Gasteiger partial charge in [0.15, 0.2) is 0 Å². The summed E-state index contributed by atoms with van der Waals surface area (Å²) in [7, 11) is 1.89. The number of hydrogen-bond donors (Lipinski definition) is 1. The van der Waals surface area contributed by atoms with E-state index >= 15 is 0 Å². The smallest absolute Gasteiger partial charge is 0.148 e. The zero-order valence-corrected chi connectivity index (χ0v) is 11.7. The SMILES string of the molecule is CNCc1nnc(-c2ccc(Cl)cc2Br)s1. The molecule has 0 radical (unpaired) electrons. The van der Waals surface area contributed by atoms with Crippen molar-refractivity contribution in [3.8, 4) is 10.6 Å². The van der Waals surface area contributed by atoms with E-state index in [-0.39, 0.29) is 0 Å². The van der Waals surface area contributed by atoms with Crippen LogP contribution < -0.4 is 5.32 Å². The number of halogens is 2. The van der Waals surface area contributed by atoms with Gasteiger partial charge in [0, 0.05) is 21.6 Å². The van der Waals surface area contributed by atoms with Crippen LogP contribution in [0.4, 0.5) is 0 Å². The molecule has 2 rings (SSSR count). The Bertz CT molecular complexity index is 501. The molecule has 0 fully saturated rings. The summed E-state index contributed by atoms with van der Waals surface area (Å²) in [5.41, 5.74) is 1.02. The third-order valence-corrected chi connectivity index (χ3v) is 3.80. The fraction of sp³-hybridized carbons (Fsp3) is 0.200. The van der Waals surface area contributed by atoms with Crippen molar-refractivity contribution in [2.45, 2.75) is 6.54 Å². The monoisotopic (exact) mass is 317 g/mol. The van der Waals surface area contributed by atoms with Crippen molar-refractivity contribution in [3.05, 3.63) is 32.7 Å². The summed E-state index contributed by atoms with van der Waals surface area (Å²) < 4.78 is 0.937. The molecule has 3 nitrogen and oxygen atoms in total. The minimum Gasteiger partial charge on any atom is -0.313 e. The summed E-state index contributed by atoms with van der Waals surface area (Å²) in [6.45, 7) is 0.739. The standard InChI is InChI=1S/C10H9BrClN3S/c1-13-5-9-14-15-10(16-9)7-3-2-6(12)4-8(7)11/h2-4,13H,5H2,1H3. The molecular weight excluding hydrogens is 310 g/mol. The molecule has 1 N–H and O–H groups in total. The second-order valence-electron chi connectivity index (χ2n) is 3.16. The summed E-state index contributed by atoms with van der Waals surface area (Å²) in [5, 5.41) is 13.9. The minimum atomic E-state index is 0.704. The Morgan fingerprint density at radius 3 is 2.94 bits per heavy atom. The van der Waals surface area contributed by atoms with Crippen LogP contribution in [0.25, 0.3) is 10.6 Å². The Morgan fingerprint density at radius 1 is 1.44 bits per heavy atom. The Kier molecular flexibility index (Phi) is 3.91. The Balaban J connectivity index is 2.35. The first-order valence-electron chi connectivity index (χ1n) is 4.63. The normalized spacial score (nSPS) is 10.7. The van der Waals surface area contributed by atoms with Gasteiger partial charge < -0.3 is 5.32 Å². The van der Waals surface area contributed by atoms with Crippen molar-refractivity contribution in [1.29, 1.82) is 0 Å². The van der Waals surface area contributed by atoms with Gasteiger partial charge >= 0.3 is 0 Å². The van der Waals surface area contributed by atoms with Gasteiger partial charge in [-0.1, -0.05) is 38.9 Å². The van der Waals surface area contributed by atoms with Crippen molar-refractivity contribution in [1.82, 2.24) is 15.5 Å². The molecule has 0 spiro atoms. The van der Waals surface area contributed by atoms with E-state index in [2.05, 4.69) is 31.4 Å². The lowest BCUT2D eigenvalue weighted by Gasteiger charge is -1.99. The van der Waals surface area contributed by atoms with Crippen LogP contribution in [0.2, 0.25) is 5.02 Å². The molecule has 16 heavy (non-hydrogen) atoms. The van der Waals surface area contributed by atoms with E-state index in [1.54, 1.807) is 11.3 Å². The van der Waals surface area contributed by atoms with Crippen molar-refractivity contribution in [2.24, 2.45) is 0 Å². The highest BCUT2D eigenvalue weighted by atomic mass is 79.9. The Labute approximate surface area is 111 Å². The lowest BCUT2D eigenvalue weighted by atomic mass is 10.2. The van der Waals surface area contributed by atoms with Gasteiger partial charge in [0.1, 0.15) is 10.0 Å². The van der Waals surface area contributed by atoms with E-state index in [0.717, 1.165) is 26.6 Å². The van der Waals surface area contributed by atoms with Gasteiger partial charge in [-0.2, -0.15) is 0 Å². The van der Waals surface area contributed by atoms with E-state index in [1.807, 2.05) is 25.2 Å². The lowest BCUT2D eigenvalue weighted by Crippen LogP contribution is -2.04. The van der Waals surface area contributed by atoms with Crippen LogP contribution in [0, 0.1) is 0 Å². The summed E-state index contributed by atoms with van der Waals surface area (Å²) >= 11 is 10.9. The molecule has 0 aliphatic heterocycles. The topological polar surface area (TPSA) is 37.8 Å². The molecular formula is C10H9BrClN3S. The van der Waals surface area contributed by atoms with Crippen LogP contribution in [0.5, 0.6) is 0 Å². The van der Waals surface area contributed by atoms with Gasteiger partial charge in [-0.3, -0.25) is 0 Å². The van der Waals surface area contributed by atoms with Crippen molar-refractivity contribution < 1.29 is 0 Å². The third kappa shape index (κ3) is 2.60. The number of hydrogen-bond acceptors (Lipinski definition) is 4. The van der Waals surface area contributed by atoms with E-state index in [0.29, 0.717) is 5.02 Å². The molecule has 2 aromatic rings. The number of nitrogens with zero attached hydrogens (tertiary/aromatic N) is 2. The average Bonchev–Trinajstić information content (AvgIpc) is 2.67. The fourth-order valence-electron chi connectivity index (χ4n) is 1.25. The van der Waals surface area contributed by atoms with Crippen molar-refractivity contribution >= 4 is 38.9 Å². The van der Waals surface area contributed by atoms with E-state index < -0.39 is 0 Å². The van der Waals surface area contributed by atoms with Gasteiger partial charge in [-0.25, -0.2) is 0 Å². The summed E-state index contributed by atoms with van der Waals surface area (Å²) in [6.07, 6.45) is 0. The molecule has 6 heteroatoms. The van der Waals surface area contributed by atoms with Gasteiger partial charge in [-0.05, 0) is 25.2 Å². The molecule has 1 aromatic carbocycles. The number of rotatable bonds is 3. The molecule has 0 amide bonds. The fourth-order valence-corrected chi connectivity index (χ4v) is 3.14. The zero-order valence-electron chi connectivity index (χ0n) is 8.50. The van der Waals surface area contributed by atoms with E-state index in [1.165, 1.54) is 0 Å². The summed E-state index contributed by atoms with van der Waals surface area (Å²) in [6, 6.07) is 5.65. The first-order chi connectivity index (χ1) is 7.70. The molecule has 0 bridgehead atoms. The van der Waals surface area contributed by atoms with Crippen LogP contribution in [0.3, 0.4) is 0 Å². The molecule has 0 unspecified atom stereocenters. The van der Waals surface area contributed by atoms with E-state index in [9.17, 15) is 0 Å². The highest BCUT2D eigenvalue weighted by Gasteiger charge is 2.09. The van der Waals surface area contributed by atoms with Crippen LogP contribution in [0.15, 0.2) is 22.7 Å². The van der Waals surface area contributed by atoms with Crippen LogP contribution in [0.1, 0.15) is 5.01 Å². The zero-order chi connectivity index (χ0) is 11.5. The largest absolute Gasteiger partial charge is 0.313 e. The minimum absolute atomic E-state index is 0.704. The summed E-state index contributed by atoms with van der Waals surface area (Å²) in [5.74, 6) is 0. The molecule has 84 valence electrons. The van der Waals surface area contributed by atoms with Gasteiger partial charge in [-0.15, -0.1) is 10.2 Å². The summed E-state index contributed by atoms with van der Waals surface area (Å²) in [4.78, 5) is 0. The highest BCUT2D eigenvalue weighted by Crippen LogP contribution is 2.32. The molecule has 0 atom stereocenters. The van der Waals surface area contributed by atoms with Gasteiger partial charge in [0.2, 0.25) is 0 Å². The second kappa shape index (κ2) is 5.23. The molecule has 0 saturated heterocycles. The second-order valence-corrected chi connectivity index (χ2v) is 5.51. The van der Waals surface area contributed by atoms with Crippen LogP contribution in [-0.4, -0.2) is 17.2 Å². The highest BCUT2D eigenvalue weighted by molar-refractivity contribution is 9.10. The van der Waals surface area contributed by atoms with Gasteiger partial charge in [0.25, 0.3) is 0 Å². The predicted octanol–water partition coefficient (Wildman–Crippen LogP) is 3.34. The Morgan fingerprint density at radius 2 is 2.25 bits per heavy atom. The quantitative estimate of drug-likeness (QED) is 0.943. The lowest BCUT2D eigenvalue weighted by molar-refractivity contribution is 0.795. The molecule has 1 heterocycles. The van der Waals surface area contributed by atoms with Crippen LogP contribution >= 0.6 is 38.9 Å². The van der Waals surface area contributed by atoms with E-state index in [4.69, 9.17) is 11.6 Å².